The monoisotopic (exact) mass is 340 g/mol. The van der Waals surface area contributed by atoms with Crippen LogP contribution in [-0.2, 0) is 11.3 Å². The van der Waals surface area contributed by atoms with Crippen LogP contribution < -0.4 is 20.5 Å². The minimum atomic E-state index is -0.500. The summed E-state index contributed by atoms with van der Waals surface area (Å²) < 4.78 is 10.4. The fraction of sp³-hybridized carbons (Fsp3) is 0.158. The second kappa shape index (κ2) is 8.54. The molecule has 0 aliphatic heterocycles. The van der Waals surface area contributed by atoms with E-state index >= 15 is 0 Å². The van der Waals surface area contributed by atoms with E-state index in [2.05, 4.69) is 5.32 Å². The Balaban J connectivity index is 1.99. The summed E-state index contributed by atoms with van der Waals surface area (Å²) in [6.07, 6.45) is 3.08. The van der Waals surface area contributed by atoms with Gasteiger partial charge >= 0.3 is 0 Å². The Hall–Kier alpha value is -3.28. The van der Waals surface area contributed by atoms with Crippen LogP contribution in [0.4, 0.5) is 0 Å². The van der Waals surface area contributed by atoms with Gasteiger partial charge in [-0.05, 0) is 35.9 Å². The summed E-state index contributed by atoms with van der Waals surface area (Å²) in [5.74, 6) is 0.521. The highest BCUT2D eigenvalue weighted by Crippen LogP contribution is 2.25. The highest BCUT2D eigenvalue weighted by Gasteiger charge is 2.04. The fourth-order valence-corrected chi connectivity index (χ4v) is 2.20. The van der Waals surface area contributed by atoms with Crippen molar-refractivity contribution in [1.82, 2.24) is 5.32 Å². The van der Waals surface area contributed by atoms with Crippen molar-refractivity contribution in [3.05, 3.63) is 65.2 Å². The number of nitrogens with one attached hydrogen (secondary N) is 1. The molecule has 3 N–H and O–H groups in total. The van der Waals surface area contributed by atoms with Gasteiger partial charge in [0.15, 0.2) is 0 Å². The third-order valence-corrected chi connectivity index (χ3v) is 3.53. The van der Waals surface area contributed by atoms with Crippen molar-refractivity contribution in [2.75, 3.05) is 14.2 Å². The zero-order valence-electron chi connectivity index (χ0n) is 14.1. The standard InChI is InChI=1S/C19H20N2O4/c1-24-16-8-6-14(17(11-16)25-2)7-9-18(22)21-12-13-4-3-5-15(10-13)19(20)23/h3-11H,12H2,1-2H3,(H2,20,23)(H,21,22)/b9-7+. The summed E-state index contributed by atoms with van der Waals surface area (Å²) in [5.41, 5.74) is 7.20. The smallest absolute Gasteiger partial charge is 0.248 e. The molecule has 0 radical (unpaired) electrons. The Morgan fingerprint density at radius 1 is 1.12 bits per heavy atom. The van der Waals surface area contributed by atoms with Crippen molar-refractivity contribution >= 4 is 17.9 Å². The van der Waals surface area contributed by atoms with Gasteiger partial charge < -0.3 is 20.5 Å². The maximum Gasteiger partial charge on any atom is 0.248 e. The lowest BCUT2D eigenvalue weighted by atomic mass is 10.1. The first-order valence-electron chi connectivity index (χ1n) is 7.60. The van der Waals surface area contributed by atoms with Gasteiger partial charge in [-0.25, -0.2) is 0 Å². The Bertz CT molecular complexity index is 800. The molecule has 0 unspecified atom stereocenters. The molecule has 25 heavy (non-hydrogen) atoms. The average molecular weight is 340 g/mol. The second-order valence-electron chi connectivity index (χ2n) is 5.22. The van der Waals surface area contributed by atoms with Gasteiger partial charge in [0.05, 0.1) is 14.2 Å². The van der Waals surface area contributed by atoms with Gasteiger partial charge in [0.1, 0.15) is 11.5 Å². The van der Waals surface area contributed by atoms with Gasteiger partial charge in [-0.15, -0.1) is 0 Å². The molecule has 0 saturated heterocycles. The molecule has 2 aromatic rings. The topological polar surface area (TPSA) is 90.6 Å². The molecule has 130 valence electrons. The largest absolute Gasteiger partial charge is 0.497 e. The van der Waals surface area contributed by atoms with Crippen molar-refractivity contribution in [1.29, 1.82) is 0 Å². The van der Waals surface area contributed by atoms with Crippen LogP contribution in [0.5, 0.6) is 11.5 Å². The maximum atomic E-state index is 12.0. The number of hydrogen-bond acceptors (Lipinski definition) is 4. The van der Waals surface area contributed by atoms with Crippen LogP contribution in [0.1, 0.15) is 21.5 Å². The van der Waals surface area contributed by atoms with E-state index in [0.29, 0.717) is 23.6 Å². The lowest BCUT2D eigenvalue weighted by Gasteiger charge is -2.07. The molecule has 2 amide bonds. The summed E-state index contributed by atoms with van der Waals surface area (Å²) in [5, 5.41) is 2.75. The number of hydrogen-bond donors (Lipinski definition) is 2. The molecule has 0 atom stereocenters. The normalized spacial score (nSPS) is 10.5. The van der Waals surface area contributed by atoms with Crippen LogP contribution in [0, 0.1) is 0 Å². The van der Waals surface area contributed by atoms with Crippen molar-refractivity contribution < 1.29 is 19.1 Å². The lowest BCUT2D eigenvalue weighted by molar-refractivity contribution is -0.116. The minimum absolute atomic E-state index is 0.262. The third-order valence-electron chi connectivity index (χ3n) is 3.53. The first kappa shape index (κ1) is 18.1. The number of primary amides is 1. The zero-order chi connectivity index (χ0) is 18.2. The summed E-state index contributed by atoms with van der Waals surface area (Å²) in [7, 11) is 3.13. The number of carbonyl (C=O) groups excluding carboxylic acids is 2. The predicted octanol–water partition coefficient (Wildman–Crippen LogP) is 2.13. The molecule has 0 aliphatic rings. The Morgan fingerprint density at radius 3 is 2.60 bits per heavy atom. The van der Waals surface area contributed by atoms with Gasteiger partial charge in [0.25, 0.3) is 0 Å². The number of rotatable bonds is 7. The van der Waals surface area contributed by atoms with Crippen LogP contribution >= 0.6 is 0 Å². The highest BCUT2D eigenvalue weighted by molar-refractivity contribution is 5.93. The van der Waals surface area contributed by atoms with Gasteiger partial charge in [-0.3, -0.25) is 9.59 Å². The summed E-state index contributed by atoms with van der Waals surface area (Å²) in [6, 6.07) is 12.1. The summed E-state index contributed by atoms with van der Waals surface area (Å²) in [4.78, 5) is 23.1. The van der Waals surface area contributed by atoms with Crippen molar-refractivity contribution in [2.24, 2.45) is 5.73 Å². The molecule has 0 fully saturated rings. The van der Waals surface area contributed by atoms with E-state index in [9.17, 15) is 9.59 Å². The van der Waals surface area contributed by atoms with E-state index in [1.165, 1.54) is 6.08 Å². The summed E-state index contributed by atoms with van der Waals surface area (Å²) >= 11 is 0. The number of benzene rings is 2. The van der Waals surface area contributed by atoms with E-state index in [4.69, 9.17) is 15.2 Å². The number of carbonyl (C=O) groups is 2. The number of methoxy groups -OCH3 is 2. The predicted molar refractivity (Wildman–Crippen MR) is 95.4 cm³/mol. The molecule has 2 aromatic carbocycles. The molecule has 2 rings (SSSR count). The highest BCUT2D eigenvalue weighted by atomic mass is 16.5. The molecule has 6 heteroatoms. The molecular weight excluding hydrogens is 320 g/mol. The van der Waals surface area contributed by atoms with E-state index < -0.39 is 5.91 Å². The molecule has 6 nitrogen and oxygen atoms in total. The van der Waals surface area contributed by atoms with Crippen molar-refractivity contribution in [3.63, 3.8) is 0 Å². The van der Waals surface area contributed by atoms with Crippen molar-refractivity contribution in [3.8, 4) is 11.5 Å². The summed E-state index contributed by atoms with van der Waals surface area (Å²) in [6.45, 7) is 0.296. The molecule has 0 aliphatic carbocycles. The molecular formula is C19H20N2O4. The van der Waals surface area contributed by atoms with Crippen molar-refractivity contribution in [2.45, 2.75) is 6.54 Å². The van der Waals surface area contributed by atoms with Gasteiger partial charge in [-0.2, -0.15) is 0 Å². The average Bonchev–Trinajstić information content (AvgIpc) is 2.64. The fourth-order valence-electron chi connectivity index (χ4n) is 2.20. The quantitative estimate of drug-likeness (QED) is 0.756. The lowest BCUT2D eigenvalue weighted by Crippen LogP contribution is -2.20. The zero-order valence-corrected chi connectivity index (χ0v) is 14.1. The third kappa shape index (κ3) is 5.10. The Morgan fingerprint density at radius 2 is 1.92 bits per heavy atom. The van der Waals surface area contributed by atoms with E-state index in [0.717, 1.165) is 11.1 Å². The van der Waals surface area contributed by atoms with Crippen LogP contribution in [0.2, 0.25) is 0 Å². The molecule has 0 saturated carbocycles. The van der Waals surface area contributed by atoms with Crippen LogP contribution in [-0.4, -0.2) is 26.0 Å². The Kier molecular flexibility index (Phi) is 6.17. The van der Waals surface area contributed by atoms with Gasteiger partial charge in [0.2, 0.25) is 11.8 Å². The van der Waals surface area contributed by atoms with Gasteiger partial charge in [-0.1, -0.05) is 12.1 Å². The SMILES string of the molecule is COc1ccc(/C=C/C(=O)NCc2cccc(C(N)=O)c2)c(OC)c1. The molecule has 0 aromatic heterocycles. The van der Waals surface area contributed by atoms with Crippen LogP contribution in [0.3, 0.4) is 0 Å². The van der Waals surface area contributed by atoms with E-state index in [1.54, 1.807) is 56.7 Å². The van der Waals surface area contributed by atoms with Crippen LogP contribution in [0.25, 0.3) is 6.08 Å². The number of ether oxygens (including phenoxy) is 2. The maximum absolute atomic E-state index is 12.0. The number of amides is 2. The van der Waals surface area contributed by atoms with Gasteiger partial charge in [0, 0.05) is 29.8 Å². The Labute approximate surface area is 146 Å². The number of nitrogens with two attached hydrogens (primary N) is 1. The molecule has 0 heterocycles. The van der Waals surface area contributed by atoms with E-state index in [1.807, 2.05) is 6.07 Å². The van der Waals surface area contributed by atoms with Crippen LogP contribution in [0.15, 0.2) is 48.5 Å². The second-order valence-corrected chi connectivity index (χ2v) is 5.22. The molecule has 0 spiro atoms. The molecule has 0 bridgehead atoms. The first-order chi connectivity index (χ1) is 12.0. The first-order valence-corrected chi connectivity index (χ1v) is 7.60. The van der Waals surface area contributed by atoms with E-state index in [-0.39, 0.29) is 5.91 Å². The minimum Gasteiger partial charge on any atom is -0.497 e.